The second-order valence-corrected chi connectivity index (χ2v) is 7.40. The highest BCUT2D eigenvalue weighted by molar-refractivity contribution is 6.08. The van der Waals surface area contributed by atoms with Gasteiger partial charge in [-0.15, -0.1) is 0 Å². The Hall–Kier alpha value is -3.48. The fourth-order valence-electron chi connectivity index (χ4n) is 4.23. The molecule has 2 aliphatic rings. The van der Waals surface area contributed by atoms with E-state index in [0.717, 1.165) is 28.0 Å². The lowest BCUT2D eigenvalue weighted by molar-refractivity contribution is -0.132. The van der Waals surface area contributed by atoms with Gasteiger partial charge in [0.2, 0.25) is 0 Å². The molecule has 1 N–H and O–H groups in total. The van der Waals surface area contributed by atoms with E-state index in [4.69, 9.17) is 0 Å². The molecule has 1 aliphatic heterocycles. The first-order chi connectivity index (χ1) is 13.5. The van der Waals surface area contributed by atoms with Crippen molar-refractivity contribution in [3.8, 4) is 0 Å². The summed E-state index contributed by atoms with van der Waals surface area (Å²) in [4.78, 5) is 43.9. The van der Waals surface area contributed by atoms with Gasteiger partial charge < -0.3 is 5.32 Å². The third kappa shape index (κ3) is 2.29. The van der Waals surface area contributed by atoms with Gasteiger partial charge in [0.1, 0.15) is 11.2 Å². The Balaban J connectivity index is 1.52. The monoisotopic (exact) mass is 374 g/mol. The van der Waals surface area contributed by atoms with E-state index in [-0.39, 0.29) is 18.0 Å². The van der Waals surface area contributed by atoms with E-state index in [1.807, 2.05) is 37.3 Å². The molecule has 0 bridgehead atoms. The number of pyridine rings is 1. The van der Waals surface area contributed by atoms with E-state index in [1.54, 1.807) is 12.3 Å². The molecule has 1 unspecified atom stereocenters. The Kier molecular flexibility index (Phi) is 3.43. The summed E-state index contributed by atoms with van der Waals surface area (Å²) in [5.41, 5.74) is 2.55. The van der Waals surface area contributed by atoms with E-state index in [2.05, 4.69) is 10.3 Å². The molecule has 1 aliphatic carbocycles. The highest BCUT2D eigenvalue weighted by Crippen LogP contribution is 2.41. The Morgan fingerprint density at radius 3 is 2.82 bits per heavy atom. The number of amides is 3. The standard InChI is InChI=1S/C21H18N4O3/c1-13-7-9-24-17(10-13)22-15(11-18(24)26)12-25-19(27)21(23-20(25)28)8-6-14-4-2-3-5-16(14)21/h2-5,7,9-11H,6,8,12H2,1H3,(H,23,28). The number of urea groups is 1. The van der Waals surface area contributed by atoms with Gasteiger partial charge in [0.05, 0.1) is 12.2 Å². The third-order valence-electron chi connectivity index (χ3n) is 5.62. The van der Waals surface area contributed by atoms with E-state index in [9.17, 15) is 14.4 Å². The summed E-state index contributed by atoms with van der Waals surface area (Å²) in [5, 5.41) is 2.89. The van der Waals surface area contributed by atoms with Crippen LogP contribution in [0.3, 0.4) is 0 Å². The molecule has 1 fully saturated rings. The lowest BCUT2D eigenvalue weighted by Crippen LogP contribution is -2.41. The molecule has 140 valence electrons. The molecule has 2 aromatic heterocycles. The number of imide groups is 1. The third-order valence-corrected chi connectivity index (χ3v) is 5.62. The van der Waals surface area contributed by atoms with Gasteiger partial charge in [-0.2, -0.15) is 0 Å². The van der Waals surface area contributed by atoms with E-state index >= 15 is 0 Å². The average Bonchev–Trinajstić information content (AvgIpc) is 3.15. The zero-order valence-corrected chi connectivity index (χ0v) is 15.3. The zero-order valence-electron chi connectivity index (χ0n) is 15.3. The minimum Gasteiger partial charge on any atom is -0.319 e. The Labute approximate surface area is 160 Å². The van der Waals surface area contributed by atoms with Crippen molar-refractivity contribution in [3.05, 3.63) is 81.4 Å². The van der Waals surface area contributed by atoms with Crippen LogP contribution in [0.2, 0.25) is 0 Å². The topological polar surface area (TPSA) is 83.8 Å². The SMILES string of the molecule is Cc1ccn2c(=O)cc(CN3C(=O)NC4(CCc5ccccc54)C3=O)nc2c1. The smallest absolute Gasteiger partial charge is 0.319 e. The number of aryl methyl sites for hydroxylation is 2. The molecule has 0 saturated carbocycles. The largest absolute Gasteiger partial charge is 0.325 e. The predicted octanol–water partition coefficient (Wildman–Crippen LogP) is 1.90. The number of aromatic nitrogens is 2. The summed E-state index contributed by atoms with van der Waals surface area (Å²) < 4.78 is 1.44. The van der Waals surface area contributed by atoms with Crippen molar-refractivity contribution < 1.29 is 9.59 Å². The molecule has 5 rings (SSSR count). The van der Waals surface area contributed by atoms with Gasteiger partial charge in [-0.25, -0.2) is 9.78 Å². The summed E-state index contributed by atoms with van der Waals surface area (Å²) in [5.74, 6) is -0.284. The number of hydrogen-bond donors (Lipinski definition) is 1. The normalized spacial score (nSPS) is 20.8. The molecule has 7 heteroatoms. The lowest BCUT2D eigenvalue weighted by Gasteiger charge is -2.22. The molecule has 0 radical (unpaired) electrons. The molecule has 1 saturated heterocycles. The lowest BCUT2D eigenvalue weighted by atomic mass is 9.92. The molecule has 1 aromatic carbocycles. The van der Waals surface area contributed by atoms with Crippen molar-refractivity contribution in [2.45, 2.75) is 31.8 Å². The highest BCUT2D eigenvalue weighted by Gasteiger charge is 2.55. The quantitative estimate of drug-likeness (QED) is 0.695. The van der Waals surface area contributed by atoms with Gasteiger partial charge >= 0.3 is 6.03 Å². The first-order valence-corrected chi connectivity index (χ1v) is 9.19. The van der Waals surface area contributed by atoms with Crippen LogP contribution < -0.4 is 10.9 Å². The van der Waals surface area contributed by atoms with E-state index in [1.165, 1.54) is 10.5 Å². The van der Waals surface area contributed by atoms with E-state index < -0.39 is 11.6 Å². The summed E-state index contributed by atoms with van der Waals surface area (Å²) in [7, 11) is 0. The van der Waals surface area contributed by atoms with Gasteiger partial charge in [0, 0.05) is 12.3 Å². The fraction of sp³-hybridized carbons (Fsp3) is 0.238. The van der Waals surface area contributed by atoms with Gasteiger partial charge in [0.15, 0.2) is 0 Å². The summed E-state index contributed by atoms with van der Waals surface area (Å²) >= 11 is 0. The second kappa shape index (κ2) is 5.76. The van der Waals surface area contributed by atoms with Gasteiger partial charge in [-0.1, -0.05) is 24.3 Å². The van der Waals surface area contributed by atoms with Crippen LogP contribution in [-0.2, 0) is 23.3 Å². The maximum atomic E-state index is 13.2. The molecular formula is C21H18N4O3. The van der Waals surface area contributed by atoms with Crippen molar-refractivity contribution in [1.82, 2.24) is 19.6 Å². The van der Waals surface area contributed by atoms with E-state index in [0.29, 0.717) is 17.8 Å². The number of carbonyl (C=O) groups excluding carboxylic acids is 2. The van der Waals surface area contributed by atoms with Crippen LogP contribution >= 0.6 is 0 Å². The predicted molar refractivity (Wildman–Crippen MR) is 102 cm³/mol. The minimum atomic E-state index is -1.00. The van der Waals surface area contributed by atoms with Crippen LogP contribution in [-0.4, -0.2) is 26.2 Å². The van der Waals surface area contributed by atoms with Crippen molar-refractivity contribution in [2.24, 2.45) is 0 Å². The van der Waals surface area contributed by atoms with Crippen LogP contribution in [0.1, 0.15) is 28.8 Å². The molecule has 28 heavy (non-hydrogen) atoms. The molecular weight excluding hydrogens is 356 g/mol. The van der Waals surface area contributed by atoms with Crippen molar-refractivity contribution in [3.63, 3.8) is 0 Å². The molecule has 3 amide bonds. The van der Waals surface area contributed by atoms with Crippen LogP contribution in [0, 0.1) is 6.92 Å². The molecule has 3 aromatic rings. The number of carbonyl (C=O) groups is 2. The zero-order chi connectivity index (χ0) is 19.5. The number of rotatable bonds is 2. The van der Waals surface area contributed by atoms with Gasteiger partial charge in [0.25, 0.3) is 11.5 Å². The summed E-state index contributed by atoms with van der Waals surface area (Å²) in [6, 6.07) is 12.2. The highest BCUT2D eigenvalue weighted by atomic mass is 16.2. The van der Waals surface area contributed by atoms with Crippen LogP contribution in [0.4, 0.5) is 4.79 Å². The van der Waals surface area contributed by atoms with Crippen LogP contribution in [0.25, 0.3) is 5.65 Å². The number of nitrogens with one attached hydrogen (secondary N) is 1. The van der Waals surface area contributed by atoms with Crippen molar-refractivity contribution in [2.75, 3.05) is 0 Å². The Bertz CT molecular complexity index is 1220. The molecule has 3 heterocycles. The van der Waals surface area contributed by atoms with Crippen molar-refractivity contribution in [1.29, 1.82) is 0 Å². The first kappa shape index (κ1) is 16.7. The molecule has 1 spiro atoms. The maximum Gasteiger partial charge on any atom is 0.325 e. The van der Waals surface area contributed by atoms with Crippen LogP contribution in [0.5, 0.6) is 0 Å². The Morgan fingerprint density at radius 2 is 1.96 bits per heavy atom. The molecule has 7 nitrogen and oxygen atoms in total. The van der Waals surface area contributed by atoms with Gasteiger partial charge in [-0.05, 0) is 48.6 Å². The van der Waals surface area contributed by atoms with Crippen LogP contribution in [0.15, 0.2) is 53.5 Å². The minimum absolute atomic E-state index is 0.0335. The Morgan fingerprint density at radius 1 is 1.14 bits per heavy atom. The summed E-state index contributed by atoms with van der Waals surface area (Å²) in [6.45, 7) is 1.88. The number of hydrogen-bond acceptors (Lipinski definition) is 4. The van der Waals surface area contributed by atoms with Crippen molar-refractivity contribution >= 4 is 17.6 Å². The first-order valence-electron chi connectivity index (χ1n) is 9.19. The number of fused-ring (bicyclic) bond motifs is 3. The van der Waals surface area contributed by atoms with Gasteiger partial charge in [-0.3, -0.25) is 18.9 Å². The molecule has 1 atom stereocenters. The summed E-state index contributed by atoms with van der Waals surface area (Å²) in [6.07, 6.45) is 2.95. The number of nitrogens with zero attached hydrogens (tertiary/aromatic N) is 3. The maximum absolute atomic E-state index is 13.2. The second-order valence-electron chi connectivity index (χ2n) is 7.40. The average molecular weight is 374 g/mol. The fourth-order valence-corrected chi connectivity index (χ4v) is 4.23. The number of benzene rings is 1.